The quantitative estimate of drug-likeness (QED) is 0.318. The number of pyridine rings is 1. The first-order chi connectivity index (χ1) is 15.6. The fourth-order valence-corrected chi connectivity index (χ4v) is 5.07. The summed E-state index contributed by atoms with van der Waals surface area (Å²) < 4.78 is 38.8. The van der Waals surface area contributed by atoms with E-state index in [1.54, 1.807) is 30.5 Å². The van der Waals surface area contributed by atoms with Crippen LogP contribution < -0.4 is 10.5 Å². The van der Waals surface area contributed by atoms with Crippen molar-refractivity contribution >= 4 is 22.0 Å². The Balaban J connectivity index is 1.68. The number of aromatic nitrogens is 1. The Morgan fingerprint density at radius 2 is 1.94 bits per heavy atom. The monoisotopic (exact) mass is 475 g/mol. The molecule has 1 aromatic carbocycles. The van der Waals surface area contributed by atoms with Crippen molar-refractivity contribution in [1.29, 1.82) is 5.41 Å². The Morgan fingerprint density at radius 3 is 2.48 bits per heavy atom. The Morgan fingerprint density at radius 1 is 1.24 bits per heavy atom. The second-order valence-electron chi connectivity index (χ2n) is 8.08. The van der Waals surface area contributed by atoms with Crippen LogP contribution in [0.3, 0.4) is 0 Å². The molecular weight excluding hydrogens is 446 g/mol. The van der Waals surface area contributed by atoms with Crippen molar-refractivity contribution in [1.82, 2.24) is 13.6 Å². The number of nitrogens with one attached hydrogen (secondary N) is 1. The van der Waals surface area contributed by atoms with Gasteiger partial charge in [0, 0.05) is 44.4 Å². The topological polar surface area (TPSA) is 139 Å². The van der Waals surface area contributed by atoms with Crippen LogP contribution >= 0.6 is 0 Å². The van der Waals surface area contributed by atoms with Gasteiger partial charge in [0.1, 0.15) is 18.2 Å². The van der Waals surface area contributed by atoms with Crippen LogP contribution in [0, 0.1) is 11.3 Å². The molecule has 33 heavy (non-hydrogen) atoms. The molecule has 1 aliphatic rings. The van der Waals surface area contributed by atoms with E-state index in [9.17, 15) is 13.2 Å². The highest BCUT2D eigenvalue weighted by Crippen LogP contribution is 2.30. The Bertz CT molecular complexity index is 1090. The molecule has 2 aromatic rings. The van der Waals surface area contributed by atoms with Gasteiger partial charge < -0.3 is 15.2 Å². The fourth-order valence-electron chi connectivity index (χ4n) is 3.73. The summed E-state index contributed by atoms with van der Waals surface area (Å²) in [6.45, 7) is 0.403. The fraction of sp³-hybridized carbons (Fsp3) is 0.409. The molecule has 1 fully saturated rings. The Kier molecular flexibility index (Phi) is 7.67. The summed E-state index contributed by atoms with van der Waals surface area (Å²) in [6.07, 6.45) is 2.22. The van der Waals surface area contributed by atoms with E-state index >= 15 is 0 Å². The number of esters is 1. The first-order valence-electron chi connectivity index (χ1n) is 10.4. The van der Waals surface area contributed by atoms with Crippen LogP contribution in [0.4, 0.5) is 0 Å². The van der Waals surface area contributed by atoms with Crippen LogP contribution in [0.2, 0.25) is 0 Å². The molecule has 0 amide bonds. The molecule has 178 valence electrons. The third kappa shape index (κ3) is 5.86. The average molecular weight is 476 g/mol. The highest BCUT2D eigenvalue weighted by Gasteiger charge is 2.41. The van der Waals surface area contributed by atoms with Gasteiger partial charge in [-0.2, -0.15) is 17.0 Å². The van der Waals surface area contributed by atoms with Crippen LogP contribution in [0.1, 0.15) is 18.4 Å². The summed E-state index contributed by atoms with van der Waals surface area (Å²) in [4.78, 5) is 16.0. The van der Waals surface area contributed by atoms with Gasteiger partial charge in [-0.1, -0.05) is 0 Å². The lowest BCUT2D eigenvalue weighted by atomic mass is 10.0. The van der Waals surface area contributed by atoms with Gasteiger partial charge >= 0.3 is 5.97 Å². The van der Waals surface area contributed by atoms with Crippen molar-refractivity contribution < 1.29 is 22.7 Å². The zero-order valence-electron chi connectivity index (χ0n) is 18.9. The minimum Gasteiger partial charge on any atom is -0.492 e. The molecule has 0 radical (unpaired) electrons. The summed E-state index contributed by atoms with van der Waals surface area (Å²) in [5.74, 6) is 0.0677. The van der Waals surface area contributed by atoms with E-state index in [0.717, 1.165) is 11.3 Å². The van der Waals surface area contributed by atoms with Crippen molar-refractivity contribution in [3.05, 3.63) is 48.2 Å². The molecule has 0 unspecified atom stereocenters. The molecular formula is C22H29N5O5S. The SMILES string of the molecule is COC(=O)C[C@@H]1C[C@@H](COc2ccc(-c3ccc(C(=N)N)cn3)cc2)N(S(=O)(=O)N(C)C)C1. The molecule has 2 heterocycles. The van der Waals surface area contributed by atoms with Crippen molar-refractivity contribution in [2.75, 3.05) is 34.4 Å². The molecule has 3 rings (SSSR count). The zero-order chi connectivity index (χ0) is 24.2. The first kappa shape index (κ1) is 24.6. The number of amidine groups is 1. The Hall–Kier alpha value is -3.02. The van der Waals surface area contributed by atoms with Gasteiger partial charge in [-0.25, -0.2) is 0 Å². The Labute approximate surface area is 194 Å². The number of nitrogens with zero attached hydrogens (tertiary/aromatic N) is 3. The number of rotatable bonds is 9. The van der Waals surface area contributed by atoms with E-state index in [1.165, 1.54) is 29.8 Å². The van der Waals surface area contributed by atoms with Gasteiger partial charge in [-0.3, -0.25) is 15.2 Å². The van der Waals surface area contributed by atoms with E-state index in [-0.39, 0.29) is 37.3 Å². The molecule has 10 nitrogen and oxygen atoms in total. The maximum absolute atomic E-state index is 12.8. The molecule has 1 aromatic heterocycles. The first-order valence-corrected chi connectivity index (χ1v) is 11.8. The van der Waals surface area contributed by atoms with E-state index in [4.69, 9.17) is 20.6 Å². The lowest BCUT2D eigenvalue weighted by Gasteiger charge is -2.26. The second kappa shape index (κ2) is 10.3. The molecule has 1 aliphatic heterocycles. The average Bonchev–Trinajstić information content (AvgIpc) is 3.21. The summed E-state index contributed by atoms with van der Waals surface area (Å²) >= 11 is 0. The van der Waals surface area contributed by atoms with Crippen LogP contribution in [-0.2, 0) is 19.7 Å². The van der Waals surface area contributed by atoms with Crippen LogP contribution in [0.15, 0.2) is 42.6 Å². The maximum atomic E-state index is 12.8. The van der Waals surface area contributed by atoms with Crippen molar-refractivity contribution in [2.24, 2.45) is 11.7 Å². The number of hydrogen-bond acceptors (Lipinski definition) is 7. The smallest absolute Gasteiger partial charge is 0.305 e. The summed E-state index contributed by atoms with van der Waals surface area (Å²) in [6, 6.07) is 10.4. The molecule has 2 atom stereocenters. The van der Waals surface area contributed by atoms with E-state index in [2.05, 4.69) is 4.98 Å². The standard InChI is InChI=1S/C22H29N5O5S/c1-26(2)33(29,30)27-13-15(11-21(28)31-3)10-18(27)14-32-19-7-4-16(5-8-19)20-9-6-17(12-25-20)22(23)24/h4-9,12,15,18H,10-11,13-14H2,1-3H3,(H3,23,24)/t15-,18-/m0/s1. The predicted octanol–water partition coefficient (Wildman–Crippen LogP) is 1.47. The highest BCUT2D eigenvalue weighted by atomic mass is 32.2. The second-order valence-corrected chi connectivity index (χ2v) is 10.2. The van der Waals surface area contributed by atoms with E-state index in [0.29, 0.717) is 17.7 Å². The number of carbonyl (C=O) groups is 1. The molecule has 0 aliphatic carbocycles. The van der Waals surface area contributed by atoms with Gasteiger partial charge in [0.15, 0.2) is 0 Å². The molecule has 3 N–H and O–H groups in total. The molecule has 0 saturated carbocycles. The van der Waals surface area contributed by atoms with Crippen LogP contribution in [0.5, 0.6) is 5.75 Å². The van der Waals surface area contributed by atoms with Gasteiger partial charge in [-0.05, 0) is 48.7 Å². The van der Waals surface area contributed by atoms with Crippen molar-refractivity contribution in [3.63, 3.8) is 0 Å². The lowest BCUT2D eigenvalue weighted by molar-refractivity contribution is -0.141. The normalized spacial score (nSPS) is 18.9. The van der Waals surface area contributed by atoms with Crippen LogP contribution in [-0.4, -0.2) is 74.2 Å². The van der Waals surface area contributed by atoms with Crippen molar-refractivity contribution in [2.45, 2.75) is 18.9 Å². The number of hydrogen-bond donors (Lipinski definition) is 2. The van der Waals surface area contributed by atoms with Gasteiger partial charge in [0.2, 0.25) is 0 Å². The lowest BCUT2D eigenvalue weighted by Crippen LogP contribution is -2.45. The minimum atomic E-state index is -3.66. The summed E-state index contributed by atoms with van der Waals surface area (Å²) in [7, 11) is 0.632. The summed E-state index contributed by atoms with van der Waals surface area (Å²) in [5.41, 5.74) is 7.62. The van der Waals surface area contributed by atoms with Crippen LogP contribution in [0.25, 0.3) is 11.3 Å². The van der Waals surface area contributed by atoms with E-state index < -0.39 is 16.3 Å². The number of ether oxygens (including phenoxy) is 2. The van der Waals surface area contributed by atoms with E-state index in [1.807, 2.05) is 12.1 Å². The largest absolute Gasteiger partial charge is 0.492 e. The third-order valence-electron chi connectivity index (χ3n) is 5.56. The van der Waals surface area contributed by atoms with Gasteiger partial charge in [0.05, 0.1) is 18.8 Å². The molecule has 0 bridgehead atoms. The number of methoxy groups -OCH3 is 1. The molecule has 0 spiro atoms. The summed E-state index contributed by atoms with van der Waals surface area (Å²) in [5, 5.41) is 7.44. The zero-order valence-corrected chi connectivity index (χ0v) is 19.7. The van der Waals surface area contributed by atoms with Crippen molar-refractivity contribution in [3.8, 4) is 17.0 Å². The molecule has 1 saturated heterocycles. The van der Waals surface area contributed by atoms with Gasteiger partial charge in [0.25, 0.3) is 10.2 Å². The number of nitrogens with two attached hydrogens (primary N) is 1. The number of benzene rings is 1. The molecule has 11 heteroatoms. The van der Waals surface area contributed by atoms with Gasteiger partial charge in [-0.15, -0.1) is 0 Å². The minimum absolute atomic E-state index is 0.0381. The third-order valence-corrected chi connectivity index (χ3v) is 7.52. The number of nitrogen functional groups attached to an aromatic ring is 1. The maximum Gasteiger partial charge on any atom is 0.305 e. The highest BCUT2D eigenvalue weighted by molar-refractivity contribution is 7.86. The number of carbonyl (C=O) groups excluding carboxylic acids is 1. The predicted molar refractivity (Wildman–Crippen MR) is 124 cm³/mol.